The molecule has 1 N–H and O–H groups in total. The Morgan fingerprint density at radius 2 is 2.33 bits per heavy atom. The van der Waals surface area contributed by atoms with E-state index in [0.29, 0.717) is 0 Å². The second-order valence-electron chi connectivity index (χ2n) is 3.41. The normalized spacial score (nSPS) is 10.8. The lowest BCUT2D eigenvalue weighted by atomic mass is 10.2. The number of aromatic nitrogens is 1. The van der Waals surface area contributed by atoms with Crippen LogP contribution in [0.1, 0.15) is 5.56 Å². The lowest BCUT2D eigenvalue weighted by Crippen LogP contribution is -2.02. The first-order valence-electron chi connectivity index (χ1n) is 4.89. The Labute approximate surface area is 98.1 Å². The maximum absolute atomic E-state index is 4.52. The Balaban J connectivity index is 2.16. The first-order chi connectivity index (χ1) is 7.29. The van der Waals surface area contributed by atoms with Crippen LogP contribution in [0.4, 0.5) is 5.13 Å². The van der Waals surface area contributed by atoms with Gasteiger partial charge in [0.05, 0.1) is 10.2 Å². The number of anilines is 1. The lowest BCUT2D eigenvalue weighted by Gasteiger charge is -1.98. The van der Waals surface area contributed by atoms with Crippen LogP contribution < -0.4 is 5.32 Å². The predicted octanol–water partition coefficient (Wildman–Crippen LogP) is 3.38. The fraction of sp³-hybridized carbons (Fsp3) is 0.364. The molecule has 15 heavy (non-hydrogen) atoms. The van der Waals surface area contributed by atoms with Crippen LogP contribution in [0.2, 0.25) is 0 Å². The number of benzene rings is 1. The highest BCUT2D eigenvalue weighted by Crippen LogP contribution is 2.26. The summed E-state index contributed by atoms with van der Waals surface area (Å²) in [6.45, 7) is 3.10. The molecule has 0 spiro atoms. The molecule has 0 amide bonds. The van der Waals surface area contributed by atoms with E-state index in [1.54, 1.807) is 11.3 Å². The Morgan fingerprint density at radius 1 is 1.47 bits per heavy atom. The van der Waals surface area contributed by atoms with E-state index < -0.39 is 0 Å². The molecule has 4 heteroatoms. The molecule has 2 nitrogen and oxygen atoms in total. The summed E-state index contributed by atoms with van der Waals surface area (Å²) < 4.78 is 1.27. The van der Waals surface area contributed by atoms with Gasteiger partial charge in [0, 0.05) is 12.3 Å². The van der Waals surface area contributed by atoms with Crippen LogP contribution in [0.3, 0.4) is 0 Å². The highest BCUT2D eigenvalue weighted by Gasteiger charge is 2.02. The van der Waals surface area contributed by atoms with E-state index in [1.807, 2.05) is 11.8 Å². The number of thiazole rings is 1. The third-order valence-electron chi connectivity index (χ3n) is 2.13. The summed E-state index contributed by atoms with van der Waals surface area (Å²) in [5, 5.41) is 4.37. The molecule has 80 valence electrons. The summed E-state index contributed by atoms with van der Waals surface area (Å²) in [4.78, 5) is 4.52. The Morgan fingerprint density at radius 3 is 3.13 bits per heavy atom. The Hall–Kier alpha value is -0.740. The van der Waals surface area contributed by atoms with Crippen molar-refractivity contribution in [3.05, 3.63) is 23.8 Å². The lowest BCUT2D eigenvalue weighted by molar-refractivity contribution is 1.21. The van der Waals surface area contributed by atoms with E-state index in [0.717, 1.165) is 22.9 Å². The fourth-order valence-electron chi connectivity index (χ4n) is 1.37. The van der Waals surface area contributed by atoms with Crippen LogP contribution in [-0.4, -0.2) is 23.5 Å². The zero-order valence-corrected chi connectivity index (χ0v) is 10.5. The smallest absolute Gasteiger partial charge is 0.183 e. The van der Waals surface area contributed by atoms with Gasteiger partial charge in [0.15, 0.2) is 5.13 Å². The van der Waals surface area contributed by atoms with E-state index in [4.69, 9.17) is 0 Å². The van der Waals surface area contributed by atoms with Crippen molar-refractivity contribution in [3.63, 3.8) is 0 Å². The van der Waals surface area contributed by atoms with Crippen LogP contribution in [0.25, 0.3) is 10.2 Å². The highest BCUT2D eigenvalue weighted by atomic mass is 32.2. The van der Waals surface area contributed by atoms with Gasteiger partial charge in [0.1, 0.15) is 0 Å². The van der Waals surface area contributed by atoms with Crippen molar-refractivity contribution in [1.29, 1.82) is 0 Å². The number of nitrogens with zero attached hydrogens (tertiary/aromatic N) is 1. The van der Waals surface area contributed by atoms with E-state index in [1.165, 1.54) is 10.3 Å². The predicted molar refractivity (Wildman–Crippen MR) is 71.2 cm³/mol. The molecule has 0 aliphatic heterocycles. The molecule has 0 radical (unpaired) electrons. The molecule has 0 atom stereocenters. The van der Waals surface area contributed by atoms with E-state index in [-0.39, 0.29) is 0 Å². The van der Waals surface area contributed by atoms with Crippen molar-refractivity contribution < 1.29 is 0 Å². The molecule has 0 aliphatic rings. The van der Waals surface area contributed by atoms with E-state index in [9.17, 15) is 0 Å². The molecule has 2 aromatic rings. The summed E-state index contributed by atoms with van der Waals surface area (Å²) in [6, 6.07) is 6.38. The molecule has 0 fully saturated rings. The largest absolute Gasteiger partial charge is 0.361 e. The number of aryl methyl sites for hydroxylation is 1. The van der Waals surface area contributed by atoms with E-state index in [2.05, 4.69) is 41.7 Å². The summed E-state index contributed by atoms with van der Waals surface area (Å²) in [5.74, 6) is 1.12. The first kappa shape index (κ1) is 10.8. The van der Waals surface area contributed by atoms with Gasteiger partial charge in [-0.05, 0) is 30.9 Å². The monoisotopic (exact) mass is 238 g/mol. The van der Waals surface area contributed by atoms with Gasteiger partial charge in [-0.15, -0.1) is 0 Å². The van der Waals surface area contributed by atoms with Crippen molar-refractivity contribution in [2.45, 2.75) is 6.92 Å². The summed E-state index contributed by atoms with van der Waals surface area (Å²) in [5.41, 5.74) is 2.39. The third-order valence-corrected chi connectivity index (χ3v) is 3.71. The second kappa shape index (κ2) is 4.86. The first-order valence-corrected chi connectivity index (χ1v) is 7.10. The van der Waals surface area contributed by atoms with Crippen molar-refractivity contribution >= 4 is 38.4 Å². The number of hydrogen-bond donors (Lipinski definition) is 1. The third kappa shape index (κ3) is 2.63. The van der Waals surface area contributed by atoms with Crippen LogP contribution in [0.15, 0.2) is 18.2 Å². The van der Waals surface area contributed by atoms with Gasteiger partial charge >= 0.3 is 0 Å². The van der Waals surface area contributed by atoms with Gasteiger partial charge in [0.2, 0.25) is 0 Å². The highest BCUT2D eigenvalue weighted by molar-refractivity contribution is 7.98. The zero-order chi connectivity index (χ0) is 10.7. The average molecular weight is 238 g/mol. The Bertz CT molecular complexity index is 451. The quantitative estimate of drug-likeness (QED) is 0.827. The number of thioether (sulfide) groups is 1. The standard InChI is InChI=1S/C11H14N2S2/c1-8-3-4-9-10(7-8)15-11(13-9)12-5-6-14-2/h3-4,7H,5-6H2,1-2H3,(H,12,13). The van der Waals surface area contributed by atoms with Gasteiger partial charge in [0.25, 0.3) is 0 Å². The zero-order valence-electron chi connectivity index (χ0n) is 8.91. The SMILES string of the molecule is CSCCNc1nc2ccc(C)cc2s1. The summed E-state index contributed by atoms with van der Waals surface area (Å²) in [6.07, 6.45) is 2.11. The maximum Gasteiger partial charge on any atom is 0.183 e. The molecular weight excluding hydrogens is 224 g/mol. The summed E-state index contributed by atoms with van der Waals surface area (Å²) >= 11 is 3.57. The minimum Gasteiger partial charge on any atom is -0.361 e. The molecule has 0 bridgehead atoms. The Kier molecular flexibility index (Phi) is 3.49. The van der Waals surface area contributed by atoms with Crippen molar-refractivity contribution in [3.8, 4) is 0 Å². The fourth-order valence-corrected chi connectivity index (χ4v) is 2.66. The van der Waals surface area contributed by atoms with Gasteiger partial charge in [-0.2, -0.15) is 11.8 Å². The number of nitrogens with one attached hydrogen (secondary N) is 1. The van der Waals surface area contributed by atoms with Crippen molar-refractivity contribution in [2.24, 2.45) is 0 Å². The molecule has 0 saturated carbocycles. The topological polar surface area (TPSA) is 24.9 Å². The molecule has 0 aliphatic carbocycles. The van der Waals surface area contributed by atoms with Gasteiger partial charge in [-0.3, -0.25) is 0 Å². The number of hydrogen-bond acceptors (Lipinski definition) is 4. The molecule has 1 heterocycles. The van der Waals surface area contributed by atoms with Gasteiger partial charge in [-0.1, -0.05) is 17.4 Å². The molecular formula is C11H14N2S2. The van der Waals surface area contributed by atoms with Crippen molar-refractivity contribution in [2.75, 3.05) is 23.9 Å². The molecule has 0 saturated heterocycles. The van der Waals surface area contributed by atoms with Gasteiger partial charge in [-0.25, -0.2) is 4.98 Å². The minimum absolute atomic E-state index is 0.986. The van der Waals surface area contributed by atoms with E-state index >= 15 is 0 Å². The molecule has 0 unspecified atom stereocenters. The molecule has 2 rings (SSSR count). The van der Waals surface area contributed by atoms with Crippen molar-refractivity contribution in [1.82, 2.24) is 4.98 Å². The van der Waals surface area contributed by atoms with Crippen LogP contribution in [0, 0.1) is 6.92 Å². The average Bonchev–Trinajstić information content (AvgIpc) is 2.60. The second-order valence-corrected chi connectivity index (χ2v) is 5.43. The number of fused-ring (bicyclic) bond motifs is 1. The molecule has 1 aromatic heterocycles. The van der Waals surface area contributed by atoms with Crippen LogP contribution in [0.5, 0.6) is 0 Å². The van der Waals surface area contributed by atoms with Gasteiger partial charge < -0.3 is 5.32 Å². The van der Waals surface area contributed by atoms with Crippen LogP contribution >= 0.6 is 23.1 Å². The summed E-state index contributed by atoms with van der Waals surface area (Å²) in [7, 11) is 0. The van der Waals surface area contributed by atoms with Crippen LogP contribution in [-0.2, 0) is 0 Å². The maximum atomic E-state index is 4.52. The minimum atomic E-state index is 0.986. The molecule has 1 aromatic carbocycles. The number of rotatable bonds is 4.